The molecule has 88 valence electrons. The minimum absolute atomic E-state index is 0.0825. The van der Waals surface area contributed by atoms with E-state index >= 15 is 0 Å². The van der Waals surface area contributed by atoms with Gasteiger partial charge in [-0.2, -0.15) is 0 Å². The fraction of sp³-hybridized carbons (Fsp3) is 0.818. The van der Waals surface area contributed by atoms with Gasteiger partial charge in [-0.15, -0.1) is 0 Å². The maximum Gasteiger partial charge on any atom is 0.221 e. The molecule has 0 heterocycles. The molecule has 0 aromatic heterocycles. The molecule has 0 rings (SSSR count). The van der Waals surface area contributed by atoms with Crippen LogP contribution in [0.15, 0.2) is 0 Å². The van der Waals surface area contributed by atoms with E-state index < -0.39 is 0 Å². The number of rotatable bonds is 7. The molecular weight excluding hydrogens is 192 g/mol. The standard InChI is InChI=1S/C11H22N2O2/c1-4-5-9(11(12)15)6-10(14)13-7-8(2)3/h8-9H,4-7H2,1-3H3,(H2,12,15)(H,13,14). The second-order valence-electron chi connectivity index (χ2n) is 4.29. The van der Waals surface area contributed by atoms with Crippen molar-refractivity contribution in [1.82, 2.24) is 5.32 Å². The van der Waals surface area contributed by atoms with Crippen molar-refractivity contribution in [2.24, 2.45) is 17.6 Å². The van der Waals surface area contributed by atoms with Gasteiger partial charge in [0.15, 0.2) is 0 Å². The normalized spacial score (nSPS) is 12.5. The quantitative estimate of drug-likeness (QED) is 0.665. The van der Waals surface area contributed by atoms with Crippen LogP contribution in [0.1, 0.15) is 40.0 Å². The Morgan fingerprint density at radius 3 is 2.33 bits per heavy atom. The molecule has 1 unspecified atom stereocenters. The summed E-state index contributed by atoms with van der Waals surface area (Å²) in [6.45, 7) is 6.67. The molecule has 2 amide bonds. The molecular formula is C11H22N2O2. The maximum absolute atomic E-state index is 11.4. The van der Waals surface area contributed by atoms with Gasteiger partial charge in [0.1, 0.15) is 0 Å². The van der Waals surface area contributed by atoms with Crippen LogP contribution in [-0.4, -0.2) is 18.4 Å². The van der Waals surface area contributed by atoms with Gasteiger partial charge in [-0.1, -0.05) is 27.2 Å². The summed E-state index contributed by atoms with van der Waals surface area (Å²) in [5.74, 6) is -0.355. The topological polar surface area (TPSA) is 72.2 Å². The van der Waals surface area contributed by atoms with Crippen molar-refractivity contribution in [1.29, 1.82) is 0 Å². The van der Waals surface area contributed by atoms with Gasteiger partial charge in [0.2, 0.25) is 11.8 Å². The fourth-order valence-corrected chi connectivity index (χ4v) is 1.31. The monoisotopic (exact) mass is 214 g/mol. The van der Waals surface area contributed by atoms with Crippen molar-refractivity contribution >= 4 is 11.8 Å². The SMILES string of the molecule is CCCC(CC(=O)NCC(C)C)C(N)=O. The molecule has 15 heavy (non-hydrogen) atoms. The van der Waals surface area contributed by atoms with Crippen LogP contribution in [0.25, 0.3) is 0 Å². The highest BCUT2D eigenvalue weighted by Crippen LogP contribution is 2.10. The summed E-state index contributed by atoms with van der Waals surface area (Å²) < 4.78 is 0. The molecule has 0 fully saturated rings. The number of carbonyl (C=O) groups is 2. The lowest BCUT2D eigenvalue weighted by molar-refractivity contribution is -0.128. The van der Waals surface area contributed by atoms with Gasteiger partial charge in [-0.25, -0.2) is 0 Å². The number of nitrogens with one attached hydrogen (secondary N) is 1. The van der Waals surface area contributed by atoms with Crippen LogP contribution in [0.4, 0.5) is 0 Å². The van der Waals surface area contributed by atoms with E-state index in [-0.39, 0.29) is 24.2 Å². The largest absolute Gasteiger partial charge is 0.369 e. The van der Waals surface area contributed by atoms with Crippen LogP contribution in [0.3, 0.4) is 0 Å². The Bertz CT molecular complexity index is 215. The third-order valence-electron chi connectivity index (χ3n) is 2.18. The minimum Gasteiger partial charge on any atom is -0.369 e. The second kappa shape index (κ2) is 7.26. The van der Waals surface area contributed by atoms with Crippen molar-refractivity contribution in [3.63, 3.8) is 0 Å². The molecule has 0 aromatic rings. The molecule has 0 saturated carbocycles. The van der Waals surface area contributed by atoms with Gasteiger partial charge in [-0.05, 0) is 12.3 Å². The van der Waals surface area contributed by atoms with Crippen LogP contribution in [0, 0.1) is 11.8 Å². The smallest absolute Gasteiger partial charge is 0.221 e. The van der Waals surface area contributed by atoms with E-state index in [9.17, 15) is 9.59 Å². The van der Waals surface area contributed by atoms with Crippen molar-refractivity contribution in [3.8, 4) is 0 Å². The summed E-state index contributed by atoms with van der Waals surface area (Å²) in [5.41, 5.74) is 5.21. The average Bonchev–Trinajstić information content (AvgIpc) is 2.14. The highest BCUT2D eigenvalue weighted by Gasteiger charge is 2.18. The number of nitrogens with two attached hydrogens (primary N) is 1. The molecule has 1 atom stereocenters. The first-order valence-electron chi connectivity index (χ1n) is 5.53. The Balaban J connectivity index is 3.94. The zero-order valence-corrected chi connectivity index (χ0v) is 9.88. The number of primary amides is 1. The van der Waals surface area contributed by atoms with Crippen molar-refractivity contribution in [2.45, 2.75) is 40.0 Å². The lowest BCUT2D eigenvalue weighted by Crippen LogP contribution is -2.33. The summed E-state index contributed by atoms with van der Waals surface area (Å²) in [6, 6.07) is 0. The highest BCUT2D eigenvalue weighted by molar-refractivity contribution is 5.84. The van der Waals surface area contributed by atoms with Crippen LogP contribution in [-0.2, 0) is 9.59 Å². The Morgan fingerprint density at radius 1 is 1.33 bits per heavy atom. The van der Waals surface area contributed by atoms with Crippen molar-refractivity contribution < 1.29 is 9.59 Å². The van der Waals surface area contributed by atoms with E-state index in [4.69, 9.17) is 5.73 Å². The van der Waals surface area contributed by atoms with E-state index in [2.05, 4.69) is 5.32 Å². The predicted molar refractivity (Wildman–Crippen MR) is 60.1 cm³/mol. The highest BCUT2D eigenvalue weighted by atomic mass is 16.2. The van der Waals surface area contributed by atoms with Gasteiger partial charge in [0, 0.05) is 18.9 Å². The van der Waals surface area contributed by atoms with Crippen LogP contribution < -0.4 is 11.1 Å². The van der Waals surface area contributed by atoms with E-state index in [0.29, 0.717) is 18.9 Å². The first-order chi connectivity index (χ1) is 6.97. The molecule has 4 heteroatoms. The summed E-state index contributed by atoms with van der Waals surface area (Å²) in [6.07, 6.45) is 1.77. The third kappa shape index (κ3) is 6.94. The fourth-order valence-electron chi connectivity index (χ4n) is 1.31. The molecule has 0 aromatic carbocycles. The summed E-state index contributed by atoms with van der Waals surface area (Å²) in [5, 5.41) is 2.78. The van der Waals surface area contributed by atoms with E-state index in [1.54, 1.807) is 0 Å². The first kappa shape index (κ1) is 13.9. The average molecular weight is 214 g/mol. The second-order valence-corrected chi connectivity index (χ2v) is 4.29. The molecule has 0 saturated heterocycles. The Labute approximate surface area is 91.6 Å². The molecule has 0 spiro atoms. The van der Waals surface area contributed by atoms with E-state index in [1.165, 1.54) is 0 Å². The van der Waals surface area contributed by atoms with Crippen molar-refractivity contribution in [2.75, 3.05) is 6.54 Å². The Morgan fingerprint density at radius 2 is 1.93 bits per heavy atom. The minimum atomic E-state index is -0.378. The summed E-state index contributed by atoms with van der Waals surface area (Å²) in [4.78, 5) is 22.4. The van der Waals surface area contributed by atoms with Gasteiger partial charge < -0.3 is 11.1 Å². The molecule has 4 nitrogen and oxygen atoms in total. The maximum atomic E-state index is 11.4. The molecule has 0 radical (unpaired) electrons. The van der Waals surface area contributed by atoms with Gasteiger partial charge in [-0.3, -0.25) is 9.59 Å². The lowest BCUT2D eigenvalue weighted by atomic mass is 9.99. The Hall–Kier alpha value is -1.06. The van der Waals surface area contributed by atoms with Gasteiger partial charge >= 0.3 is 0 Å². The number of hydrogen-bond acceptors (Lipinski definition) is 2. The van der Waals surface area contributed by atoms with Gasteiger partial charge in [0.05, 0.1) is 0 Å². The van der Waals surface area contributed by atoms with Crippen LogP contribution in [0.2, 0.25) is 0 Å². The van der Waals surface area contributed by atoms with Crippen LogP contribution in [0.5, 0.6) is 0 Å². The number of amides is 2. The van der Waals surface area contributed by atoms with Gasteiger partial charge in [0.25, 0.3) is 0 Å². The molecule has 0 aliphatic heterocycles. The molecule has 0 aliphatic carbocycles. The predicted octanol–water partition coefficient (Wildman–Crippen LogP) is 1.05. The van der Waals surface area contributed by atoms with Crippen molar-refractivity contribution in [3.05, 3.63) is 0 Å². The molecule has 0 bridgehead atoms. The molecule has 3 N–H and O–H groups in total. The summed E-state index contributed by atoms with van der Waals surface area (Å²) >= 11 is 0. The zero-order chi connectivity index (χ0) is 11.8. The van der Waals surface area contributed by atoms with E-state index in [1.807, 2.05) is 20.8 Å². The number of carbonyl (C=O) groups excluding carboxylic acids is 2. The number of hydrogen-bond donors (Lipinski definition) is 2. The van der Waals surface area contributed by atoms with E-state index in [0.717, 1.165) is 6.42 Å². The zero-order valence-electron chi connectivity index (χ0n) is 9.88. The van der Waals surface area contributed by atoms with Crippen LogP contribution >= 0.6 is 0 Å². The first-order valence-corrected chi connectivity index (χ1v) is 5.53. The Kier molecular flexibility index (Phi) is 6.75. The lowest BCUT2D eigenvalue weighted by Gasteiger charge is -2.13. The molecule has 0 aliphatic rings. The third-order valence-corrected chi connectivity index (χ3v) is 2.18. The summed E-state index contributed by atoms with van der Waals surface area (Å²) in [7, 11) is 0.